The van der Waals surface area contributed by atoms with Crippen LogP contribution in [0.5, 0.6) is 0 Å². The van der Waals surface area contributed by atoms with E-state index in [0.29, 0.717) is 5.92 Å². The van der Waals surface area contributed by atoms with E-state index in [2.05, 4.69) is 29.6 Å². The van der Waals surface area contributed by atoms with Crippen molar-refractivity contribution in [2.75, 3.05) is 19.6 Å². The van der Waals surface area contributed by atoms with Crippen LogP contribution in [-0.4, -0.2) is 36.1 Å². The predicted octanol–water partition coefficient (Wildman–Crippen LogP) is 1.29. The van der Waals surface area contributed by atoms with Gasteiger partial charge >= 0.3 is 6.03 Å². The molecule has 2 aliphatic rings. The van der Waals surface area contributed by atoms with E-state index in [1.54, 1.807) is 4.90 Å². The highest BCUT2D eigenvalue weighted by molar-refractivity contribution is 5.72. The molecule has 1 heterocycles. The summed E-state index contributed by atoms with van der Waals surface area (Å²) in [6.45, 7) is 2.30. The first-order valence-corrected chi connectivity index (χ1v) is 6.56. The molecule has 1 spiro atoms. The summed E-state index contributed by atoms with van der Waals surface area (Å²) >= 11 is 0. The van der Waals surface area contributed by atoms with Gasteiger partial charge in [0.15, 0.2) is 0 Å². The van der Waals surface area contributed by atoms with Crippen LogP contribution in [0.3, 0.4) is 0 Å². The van der Waals surface area contributed by atoms with Crippen LogP contribution >= 0.6 is 0 Å². The van der Waals surface area contributed by atoms with E-state index in [9.17, 15) is 4.79 Å². The first-order valence-electron chi connectivity index (χ1n) is 6.56. The molecule has 18 heavy (non-hydrogen) atoms. The normalized spacial score (nSPS) is 31.1. The minimum atomic E-state index is -0.297. The van der Waals surface area contributed by atoms with E-state index in [1.165, 1.54) is 12.0 Å². The Labute approximate surface area is 107 Å². The smallest absolute Gasteiger partial charge is 0.314 e. The molecule has 2 unspecified atom stereocenters. The average molecular weight is 245 g/mol. The van der Waals surface area contributed by atoms with E-state index in [1.807, 2.05) is 6.07 Å². The number of nitrogens with zero attached hydrogens (tertiary/aromatic N) is 1. The Balaban J connectivity index is 1.81. The second kappa shape index (κ2) is 4.28. The van der Waals surface area contributed by atoms with Gasteiger partial charge in [-0.25, -0.2) is 4.79 Å². The fraction of sp³-hybridized carbons (Fsp3) is 0.500. The molecule has 2 fully saturated rings. The summed E-state index contributed by atoms with van der Waals surface area (Å²) in [5, 5.41) is 3.62. The van der Waals surface area contributed by atoms with E-state index >= 15 is 0 Å². The third-order valence-electron chi connectivity index (χ3n) is 4.39. The second-order valence-electron chi connectivity index (χ2n) is 5.34. The van der Waals surface area contributed by atoms with Crippen molar-refractivity contribution in [2.45, 2.75) is 24.3 Å². The number of urea groups is 1. The molecule has 1 saturated carbocycles. The number of benzene rings is 1. The molecule has 1 aromatic rings. The minimum Gasteiger partial charge on any atom is -0.351 e. The number of nitrogens with one attached hydrogen (secondary N) is 1. The summed E-state index contributed by atoms with van der Waals surface area (Å²) in [6, 6.07) is 10.3. The number of hydrogen-bond acceptors (Lipinski definition) is 2. The molecule has 3 rings (SSSR count). The number of nitrogens with two attached hydrogens (primary N) is 1. The third-order valence-corrected chi connectivity index (χ3v) is 4.39. The van der Waals surface area contributed by atoms with Crippen molar-refractivity contribution in [3.05, 3.63) is 35.9 Å². The van der Waals surface area contributed by atoms with Crippen LogP contribution < -0.4 is 11.1 Å². The maximum absolute atomic E-state index is 11.3. The lowest BCUT2D eigenvalue weighted by Crippen LogP contribution is -2.68. The SMILES string of the molecule is NC(=O)N1CCNC2(CCC2c2ccccc2)C1. The van der Waals surface area contributed by atoms with E-state index in [4.69, 9.17) is 5.73 Å². The van der Waals surface area contributed by atoms with Crippen LogP contribution in [0.2, 0.25) is 0 Å². The van der Waals surface area contributed by atoms with Crippen molar-refractivity contribution >= 4 is 6.03 Å². The maximum atomic E-state index is 11.3. The highest BCUT2D eigenvalue weighted by Gasteiger charge is 2.49. The molecule has 0 bridgehead atoms. The Kier molecular flexibility index (Phi) is 2.74. The Bertz CT molecular complexity index is 448. The molecule has 3 N–H and O–H groups in total. The topological polar surface area (TPSA) is 58.4 Å². The van der Waals surface area contributed by atoms with E-state index in [0.717, 1.165) is 26.1 Å². The molecule has 0 radical (unpaired) electrons. The Hall–Kier alpha value is -1.55. The fourth-order valence-corrected chi connectivity index (χ4v) is 3.31. The van der Waals surface area contributed by atoms with Gasteiger partial charge in [-0.2, -0.15) is 0 Å². The summed E-state index contributed by atoms with van der Waals surface area (Å²) in [5.74, 6) is 0.501. The molecule has 1 aromatic carbocycles. The molecule has 2 amide bonds. The van der Waals surface area contributed by atoms with Gasteiger partial charge in [-0.1, -0.05) is 30.3 Å². The minimum absolute atomic E-state index is 0.0502. The molecule has 96 valence electrons. The largest absolute Gasteiger partial charge is 0.351 e. The van der Waals surface area contributed by atoms with E-state index < -0.39 is 0 Å². The molecular formula is C14H19N3O. The zero-order valence-corrected chi connectivity index (χ0v) is 10.4. The maximum Gasteiger partial charge on any atom is 0.314 e. The summed E-state index contributed by atoms with van der Waals surface area (Å²) < 4.78 is 0. The summed E-state index contributed by atoms with van der Waals surface area (Å²) in [7, 11) is 0. The van der Waals surface area contributed by atoms with Crippen LogP contribution in [-0.2, 0) is 0 Å². The number of primary amides is 1. The van der Waals surface area contributed by atoms with Gasteiger partial charge in [0, 0.05) is 31.1 Å². The van der Waals surface area contributed by atoms with E-state index in [-0.39, 0.29) is 11.6 Å². The quantitative estimate of drug-likeness (QED) is 0.783. The zero-order valence-electron chi connectivity index (χ0n) is 10.4. The Morgan fingerprint density at radius 3 is 2.78 bits per heavy atom. The van der Waals surface area contributed by atoms with Crippen LogP contribution in [0.15, 0.2) is 30.3 Å². The number of carbonyl (C=O) groups excluding carboxylic acids is 1. The summed E-state index contributed by atoms with van der Waals surface area (Å²) in [4.78, 5) is 13.1. The average Bonchev–Trinajstić information content (AvgIpc) is 2.39. The number of piperazine rings is 1. The van der Waals surface area contributed by atoms with Crippen molar-refractivity contribution in [3.63, 3.8) is 0 Å². The van der Waals surface area contributed by atoms with Gasteiger partial charge in [-0.3, -0.25) is 0 Å². The van der Waals surface area contributed by atoms with Crippen LogP contribution in [0.1, 0.15) is 24.3 Å². The van der Waals surface area contributed by atoms with Gasteiger partial charge in [0.2, 0.25) is 0 Å². The van der Waals surface area contributed by atoms with Gasteiger partial charge in [-0.05, 0) is 18.4 Å². The fourth-order valence-electron chi connectivity index (χ4n) is 3.31. The summed E-state index contributed by atoms with van der Waals surface area (Å²) in [5.41, 5.74) is 6.82. The lowest BCUT2D eigenvalue weighted by molar-refractivity contribution is 0.0650. The zero-order chi connectivity index (χ0) is 12.6. The molecule has 2 atom stereocenters. The van der Waals surface area contributed by atoms with Crippen LogP contribution in [0.25, 0.3) is 0 Å². The molecule has 1 aliphatic carbocycles. The highest BCUT2D eigenvalue weighted by atomic mass is 16.2. The van der Waals surface area contributed by atoms with Gasteiger partial charge in [0.05, 0.1) is 0 Å². The van der Waals surface area contributed by atoms with Gasteiger partial charge in [-0.15, -0.1) is 0 Å². The van der Waals surface area contributed by atoms with Crippen LogP contribution in [0.4, 0.5) is 4.79 Å². The number of hydrogen-bond donors (Lipinski definition) is 2. The molecule has 4 heteroatoms. The van der Waals surface area contributed by atoms with Crippen molar-refractivity contribution < 1.29 is 4.79 Å². The monoisotopic (exact) mass is 245 g/mol. The van der Waals surface area contributed by atoms with Gasteiger partial charge in [0.1, 0.15) is 0 Å². The van der Waals surface area contributed by atoms with Crippen molar-refractivity contribution in [1.82, 2.24) is 10.2 Å². The van der Waals surface area contributed by atoms with Gasteiger partial charge < -0.3 is 16.0 Å². The first-order chi connectivity index (χ1) is 8.71. The number of amides is 2. The van der Waals surface area contributed by atoms with Crippen molar-refractivity contribution in [1.29, 1.82) is 0 Å². The second-order valence-corrected chi connectivity index (χ2v) is 5.34. The number of rotatable bonds is 1. The van der Waals surface area contributed by atoms with Crippen LogP contribution in [0, 0.1) is 0 Å². The lowest BCUT2D eigenvalue weighted by Gasteiger charge is -2.55. The first kappa shape index (κ1) is 11.5. The van der Waals surface area contributed by atoms with Gasteiger partial charge in [0.25, 0.3) is 0 Å². The Morgan fingerprint density at radius 1 is 1.39 bits per heavy atom. The molecular weight excluding hydrogens is 226 g/mol. The molecule has 1 saturated heterocycles. The van der Waals surface area contributed by atoms with Crippen molar-refractivity contribution in [3.8, 4) is 0 Å². The summed E-state index contributed by atoms with van der Waals surface area (Å²) in [6.07, 6.45) is 2.31. The number of carbonyl (C=O) groups is 1. The Morgan fingerprint density at radius 2 is 2.17 bits per heavy atom. The highest BCUT2D eigenvalue weighted by Crippen LogP contribution is 2.47. The standard InChI is InChI=1S/C14H19N3O/c15-13(18)17-9-8-16-14(10-17)7-6-12(14)11-4-2-1-3-5-11/h1-5,12,16H,6-10H2,(H2,15,18). The molecule has 0 aromatic heterocycles. The van der Waals surface area contributed by atoms with Crippen molar-refractivity contribution in [2.24, 2.45) is 5.73 Å². The molecule has 1 aliphatic heterocycles. The third kappa shape index (κ3) is 1.77. The predicted molar refractivity (Wildman–Crippen MR) is 70.3 cm³/mol. The lowest BCUT2D eigenvalue weighted by atomic mass is 9.62. The molecule has 4 nitrogen and oxygen atoms in total.